The number of azide groups is 1. The molecule has 0 aromatic heterocycles. The number of hydrogen-bond donors (Lipinski definition) is 0. The molecule has 0 fully saturated rings. The van der Waals surface area contributed by atoms with E-state index in [9.17, 15) is 0 Å². The van der Waals surface area contributed by atoms with Crippen molar-refractivity contribution in [2.24, 2.45) is 5.11 Å². The summed E-state index contributed by atoms with van der Waals surface area (Å²) in [6.07, 6.45) is 0. The Morgan fingerprint density at radius 3 is 1.83 bits per heavy atom. The lowest BCUT2D eigenvalue weighted by molar-refractivity contribution is 1.09. The lowest BCUT2D eigenvalue weighted by atomic mass is 10.4. The summed E-state index contributed by atoms with van der Waals surface area (Å²) in [6, 6.07) is 21.9. The van der Waals surface area contributed by atoms with Crippen LogP contribution in [0, 0.1) is 0 Å². The fourth-order valence-electron chi connectivity index (χ4n) is 1.94. The average molecular weight is 252 g/mol. The summed E-state index contributed by atoms with van der Waals surface area (Å²) in [5.74, 6) is 0. The molecule has 0 aliphatic carbocycles. The predicted octanol–water partition coefficient (Wildman–Crippen LogP) is 2.61. The average Bonchev–Trinajstić information content (AvgIpc) is 2.46. The van der Waals surface area contributed by atoms with Crippen LogP contribution in [0.1, 0.15) is 0 Å². The summed E-state index contributed by atoms with van der Waals surface area (Å²) in [6.45, 7) is 0.564. The van der Waals surface area contributed by atoms with Crippen LogP contribution in [-0.2, 0) is 0 Å². The largest absolute Gasteiger partial charge is 0.121 e. The highest BCUT2D eigenvalue weighted by Gasteiger charge is 2.15. The molecule has 1 radical (unpaired) electrons. The Bertz CT molecular complexity index is 482. The van der Waals surface area contributed by atoms with E-state index in [0.717, 1.165) is 6.04 Å². The van der Waals surface area contributed by atoms with Gasteiger partial charge in [0.25, 0.3) is 0 Å². The van der Waals surface area contributed by atoms with Gasteiger partial charge in [-0.25, -0.2) is 0 Å². The standard InChI is InChI=1S/C14H14N3Si/c15-17-16-11-12-18(13-7-3-1-4-8-13)14-9-5-2-6-10-14/h1-10H,11-12H2. The maximum Gasteiger partial charge on any atom is 0.121 e. The molecule has 18 heavy (non-hydrogen) atoms. The van der Waals surface area contributed by atoms with E-state index in [4.69, 9.17) is 5.53 Å². The van der Waals surface area contributed by atoms with Crippen LogP contribution in [0.25, 0.3) is 10.4 Å². The number of nitrogens with zero attached hydrogens (tertiary/aromatic N) is 3. The van der Waals surface area contributed by atoms with Gasteiger partial charge in [0.05, 0.1) is 0 Å². The second-order valence-corrected chi connectivity index (χ2v) is 6.53. The first kappa shape index (κ1) is 12.4. The zero-order chi connectivity index (χ0) is 12.6. The third-order valence-corrected chi connectivity index (χ3v) is 5.55. The summed E-state index contributed by atoms with van der Waals surface area (Å²) in [4.78, 5) is 2.84. The molecule has 0 saturated heterocycles. The van der Waals surface area contributed by atoms with Gasteiger partial charge in [-0.15, -0.1) is 0 Å². The van der Waals surface area contributed by atoms with Crippen LogP contribution < -0.4 is 10.4 Å². The Morgan fingerprint density at radius 1 is 0.889 bits per heavy atom. The zero-order valence-electron chi connectivity index (χ0n) is 10.0. The quantitative estimate of drug-likeness (QED) is 0.340. The fraction of sp³-hybridized carbons (Fsp3) is 0.143. The van der Waals surface area contributed by atoms with Crippen LogP contribution in [0.3, 0.4) is 0 Å². The predicted molar refractivity (Wildman–Crippen MR) is 76.7 cm³/mol. The van der Waals surface area contributed by atoms with Crippen molar-refractivity contribution in [2.45, 2.75) is 6.04 Å². The van der Waals surface area contributed by atoms with Crippen LogP contribution in [0.15, 0.2) is 65.8 Å². The lowest BCUT2D eigenvalue weighted by Gasteiger charge is -2.14. The van der Waals surface area contributed by atoms with E-state index in [-0.39, 0.29) is 0 Å². The molecular formula is C14H14N3Si. The van der Waals surface area contributed by atoms with E-state index in [1.807, 2.05) is 12.1 Å². The van der Waals surface area contributed by atoms with E-state index < -0.39 is 8.80 Å². The molecule has 0 spiro atoms. The maximum atomic E-state index is 8.39. The number of benzene rings is 2. The van der Waals surface area contributed by atoms with Crippen LogP contribution in [0.2, 0.25) is 6.04 Å². The molecule has 0 bridgehead atoms. The third-order valence-electron chi connectivity index (χ3n) is 2.77. The van der Waals surface area contributed by atoms with E-state index in [1.165, 1.54) is 10.4 Å². The van der Waals surface area contributed by atoms with Gasteiger partial charge in [0.1, 0.15) is 8.80 Å². The van der Waals surface area contributed by atoms with Gasteiger partial charge in [0.2, 0.25) is 0 Å². The van der Waals surface area contributed by atoms with Crippen LogP contribution in [0.5, 0.6) is 0 Å². The summed E-state index contributed by atoms with van der Waals surface area (Å²) < 4.78 is 0. The molecule has 0 aliphatic heterocycles. The molecule has 0 heterocycles. The number of rotatable bonds is 5. The normalized spacial score (nSPS) is 10.1. The molecule has 2 rings (SSSR count). The van der Waals surface area contributed by atoms with Gasteiger partial charge in [-0.05, 0) is 11.6 Å². The topological polar surface area (TPSA) is 48.8 Å². The molecule has 4 heteroatoms. The SMILES string of the molecule is [N-]=[N+]=NCC[Si](c1ccccc1)c1ccccc1. The monoisotopic (exact) mass is 252 g/mol. The minimum Gasteiger partial charge on any atom is -0.0943 e. The first-order valence-corrected chi connectivity index (χ1v) is 7.60. The van der Waals surface area contributed by atoms with E-state index in [1.54, 1.807) is 0 Å². The molecule has 0 aliphatic rings. The van der Waals surface area contributed by atoms with E-state index in [0.29, 0.717) is 6.54 Å². The van der Waals surface area contributed by atoms with E-state index in [2.05, 4.69) is 58.6 Å². The second kappa shape index (κ2) is 6.64. The van der Waals surface area contributed by atoms with Crippen molar-refractivity contribution >= 4 is 19.2 Å². The van der Waals surface area contributed by atoms with Crippen molar-refractivity contribution in [3.05, 3.63) is 71.1 Å². The van der Waals surface area contributed by atoms with Crippen molar-refractivity contribution in [3.8, 4) is 0 Å². The van der Waals surface area contributed by atoms with Crippen molar-refractivity contribution < 1.29 is 0 Å². The lowest BCUT2D eigenvalue weighted by Crippen LogP contribution is -2.42. The van der Waals surface area contributed by atoms with Crippen molar-refractivity contribution in [1.29, 1.82) is 0 Å². The first-order valence-electron chi connectivity index (χ1n) is 5.89. The molecular weight excluding hydrogens is 238 g/mol. The maximum absolute atomic E-state index is 8.39. The Labute approximate surface area is 108 Å². The highest BCUT2D eigenvalue weighted by atomic mass is 28.3. The molecule has 3 nitrogen and oxygen atoms in total. The van der Waals surface area contributed by atoms with Gasteiger partial charge < -0.3 is 0 Å². The van der Waals surface area contributed by atoms with Crippen molar-refractivity contribution in [1.82, 2.24) is 0 Å². The van der Waals surface area contributed by atoms with E-state index >= 15 is 0 Å². The fourth-order valence-corrected chi connectivity index (χ4v) is 4.36. The molecule has 0 saturated carbocycles. The Balaban J connectivity index is 2.26. The second-order valence-electron chi connectivity index (χ2n) is 3.92. The van der Waals surface area contributed by atoms with Crippen LogP contribution in [0.4, 0.5) is 0 Å². The minimum absolute atomic E-state index is 0.564. The smallest absolute Gasteiger partial charge is 0.0943 e. The van der Waals surface area contributed by atoms with Gasteiger partial charge in [-0.1, -0.05) is 76.2 Å². The van der Waals surface area contributed by atoms with Gasteiger partial charge in [0.15, 0.2) is 0 Å². The highest BCUT2D eigenvalue weighted by Crippen LogP contribution is 1.98. The summed E-state index contributed by atoms with van der Waals surface area (Å²) in [7, 11) is -0.837. The zero-order valence-corrected chi connectivity index (χ0v) is 11.0. The van der Waals surface area contributed by atoms with Gasteiger partial charge in [-0.2, -0.15) is 0 Å². The molecule has 89 valence electrons. The molecule has 0 atom stereocenters. The molecule has 0 unspecified atom stereocenters. The Morgan fingerprint density at radius 2 is 1.39 bits per heavy atom. The molecule has 0 amide bonds. The number of hydrogen-bond acceptors (Lipinski definition) is 1. The summed E-state index contributed by atoms with van der Waals surface area (Å²) in [5.41, 5.74) is 8.39. The van der Waals surface area contributed by atoms with Crippen LogP contribution >= 0.6 is 0 Å². The Kier molecular flexibility index (Phi) is 4.58. The summed E-state index contributed by atoms with van der Waals surface area (Å²) >= 11 is 0. The van der Waals surface area contributed by atoms with Crippen molar-refractivity contribution in [2.75, 3.05) is 6.54 Å². The Hall–Kier alpha value is -2.03. The van der Waals surface area contributed by atoms with Gasteiger partial charge >= 0.3 is 0 Å². The third kappa shape index (κ3) is 3.23. The molecule has 0 N–H and O–H groups in total. The summed E-state index contributed by atoms with van der Waals surface area (Å²) in [5, 5.41) is 6.39. The molecule has 2 aromatic rings. The molecule has 2 aromatic carbocycles. The van der Waals surface area contributed by atoms with Gasteiger partial charge in [0, 0.05) is 11.5 Å². The van der Waals surface area contributed by atoms with Crippen molar-refractivity contribution in [3.63, 3.8) is 0 Å². The highest BCUT2D eigenvalue weighted by molar-refractivity contribution is 6.85. The van der Waals surface area contributed by atoms with Crippen LogP contribution in [-0.4, -0.2) is 15.3 Å². The first-order chi connectivity index (χ1) is 8.92. The van der Waals surface area contributed by atoms with Gasteiger partial charge in [-0.3, -0.25) is 0 Å². The minimum atomic E-state index is -0.837.